The number of nitrogens with zero attached hydrogens (tertiary/aromatic N) is 2. The smallest absolute Gasteiger partial charge is 0.326 e. The Morgan fingerprint density at radius 1 is 1.24 bits per heavy atom. The van der Waals surface area contributed by atoms with Crippen LogP contribution in [0.5, 0.6) is 0 Å². The molecule has 0 bridgehead atoms. The van der Waals surface area contributed by atoms with Crippen LogP contribution in [0.15, 0.2) is 0 Å². The van der Waals surface area contributed by atoms with Crippen molar-refractivity contribution in [2.75, 3.05) is 39.3 Å². The van der Waals surface area contributed by atoms with Gasteiger partial charge in [-0.3, -0.25) is 4.79 Å². The molecule has 118 valence electrons. The summed E-state index contributed by atoms with van der Waals surface area (Å²) in [6.07, 6.45) is -0.838. The first-order valence-electron chi connectivity index (χ1n) is 6.93. The number of piperazine rings is 1. The van der Waals surface area contributed by atoms with Gasteiger partial charge in [-0.25, -0.2) is 9.59 Å². The molecule has 3 amide bonds. The number of hydrogen-bond donors (Lipinski definition) is 4. The van der Waals surface area contributed by atoms with E-state index in [0.717, 1.165) is 18.0 Å². The van der Waals surface area contributed by atoms with E-state index in [1.165, 1.54) is 0 Å². The van der Waals surface area contributed by atoms with Crippen LogP contribution in [0.25, 0.3) is 0 Å². The molecule has 9 nitrogen and oxygen atoms in total. The number of amides is 3. The molecule has 9 heteroatoms. The first-order chi connectivity index (χ1) is 9.99. The normalized spacial score (nSPS) is 25.8. The molecule has 2 fully saturated rings. The van der Waals surface area contributed by atoms with Gasteiger partial charge in [-0.2, -0.15) is 0 Å². The molecule has 2 aliphatic heterocycles. The number of carbonyl (C=O) groups excluding carboxylic acids is 2. The molecular formula is C12H20N4O5. The maximum absolute atomic E-state index is 12.0. The Balaban J connectivity index is 1.83. The van der Waals surface area contributed by atoms with Crippen LogP contribution < -0.4 is 10.6 Å². The molecule has 2 aliphatic rings. The Kier molecular flexibility index (Phi) is 4.97. The molecule has 0 spiro atoms. The van der Waals surface area contributed by atoms with E-state index in [0.29, 0.717) is 13.1 Å². The quantitative estimate of drug-likeness (QED) is 0.463. The lowest BCUT2D eigenvalue weighted by Gasteiger charge is -2.28. The summed E-state index contributed by atoms with van der Waals surface area (Å²) >= 11 is 0. The number of likely N-dealkylation sites (tertiary alicyclic amines) is 1. The van der Waals surface area contributed by atoms with Gasteiger partial charge < -0.3 is 30.6 Å². The van der Waals surface area contributed by atoms with Crippen LogP contribution in [0.1, 0.15) is 6.42 Å². The van der Waals surface area contributed by atoms with Crippen molar-refractivity contribution < 1.29 is 24.6 Å². The first-order valence-corrected chi connectivity index (χ1v) is 6.93. The van der Waals surface area contributed by atoms with E-state index in [9.17, 15) is 19.5 Å². The highest BCUT2D eigenvalue weighted by molar-refractivity contribution is 5.87. The standard InChI is InChI=1S/C12H20N4O5/c17-8-5-9(11(19)20)16(7-8)12(21)14-6-10(18)15-3-1-13-2-4-15/h8-9,13,17H,1-7H2,(H,14,21)(H,19,20)/t8-,9-/m0/s1. The molecule has 0 aliphatic carbocycles. The van der Waals surface area contributed by atoms with Crippen molar-refractivity contribution >= 4 is 17.9 Å². The van der Waals surface area contributed by atoms with E-state index in [1.807, 2.05) is 0 Å². The summed E-state index contributed by atoms with van der Waals surface area (Å²) in [6.45, 7) is 2.42. The predicted molar refractivity (Wildman–Crippen MR) is 71.6 cm³/mol. The summed E-state index contributed by atoms with van der Waals surface area (Å²) in [4.78, 5) is 37.6. The molecule has 0 aromatic carbocycles. The van der Waals surface area contributed by atoms with Gasteiger partial charge in [0.25, 0.3) is 0 Å². The third kappa shape index (κ3) is 3.82. The van der Waals surface area contributed by atoms with Crippen molar-refractivity contribution in [1.82, 2.24) is 20.4 Å². The summed E-state index contributed by atoms with van der Waals surface area (Å²) < 4.78 is 0. The molecule has 2 atom stereocenters. The Hall–Kier alpha value is -1.87. The summed E-state index contributed by atoms with van der Waals surface area (Å²) in [7, 11) is 0. The van der Waals surface area contributed by atoms with E-state index in [1.54, 1.807) is 4.90 Å². The number of urea groups is 1. The SMILES string of the molecule is O=C(O)[C@@H]1C[C@H](O)CN1C(=O)NCC(=O)N1CCNCC1. The van der Waals surface area contributed by atoms with Gasteiger partial charge in [-0.05, 0) is 0 Å². The fourth-order valence-corrected chi connectivity index (χ4v) is 2.55. The van der Waals surface area contributed by atoms with Crippen molar-refractivity contribution in [3.8, 4) is 0 Å². The second kappa shape index (κ2) is 6.72. The van der Waals surface area contributed by atoms with Crippen LogP contribution in [0, 0.1) is 0 Å². The van der Waals surface area contributed by atoms with E-state index in [4.69, 9.17) is 5.11 Å². The minimum absolute atomic E-state index is 0.00843. The van der Waals surface area contributed by atoms with E-state index >= 15 is 0 Å². The number of aliphatic carboxylic acids is 1. The lowest BCUT2D eigenvalue weighted by molar-refractivity contribution is -0.141. The molecule has 2 saturated heterocycles. The lowest BCUT2D eigenvalue weighted by Crippen LogP contribution is -2.52. The Morgan fingerprint density at radius 3 is 2.52 bits per heavy atom. The van der Waals surface area contributed by atoms with Gasteiger partial charge in [0.15, 0.2) is 0 Å². The average Bonchev–Trinajstić information content (AvgIpc) is 2.87. The minimum atomic E-state index is -1.16. The minimum Gasteiger partial charge on any atom is -0.480 e. The third-order valence-electron chi connectivity index (χ3n) is 3.69. The second-order valence-corrected chi connectivity index (χ2v) is 5.19. The van der Waals surface area contributed by atoms with Gasteiger partial charge in [0, 0.05) is 39.1 Å². The van der Waals surface area contributed by atoms with Crippen LogP contribution in [0.2, 0.25) is 0 Å². The van der Waals surface area contributed by atoms with Crippen LogP contribution in [0.4, 0.5) is 4.79 Å². The predicted octanol–water partition coefficient (Wildman–Crippen LogP) is -2.35. The zero-order valence-electron chi connectivity index (χ0n) is 11.6. The second-order valence-electron chi connectivity index (χ2n) is 5.19. The Morgan fingerprint density at radius 2 is 1.90 bits per heavy atom. The molecule has 0 unspecified atom stereocenters. The van der Waals surface area contributed by atoms with E-state index in [-0.39, 0.29) is 25.4 Å². The Bertz CT molecular complexity index is 424. The van der Waals surface area contributed by atoms with Gasteiger partial charge >= 0.3 is 12.0 Å². The van der Waals surface area contributed by atoms with Crippen molar-refractivity contribution in [2.45, 2.75) is 18.6 Å². The topological polar surface area (TPSA) is 122 Å². The zero-order valence-corrected chi connectivity index (χ0v) is 11.6. The number of carbonyl (C=O) groups is 3. The van der Waals surface area contributed by atoms with E-state index < -0.39 is 24.1 Å². The molecule has 4 N–H and O–H groups in total. The number of β-amino-alcohol motifs (C(OH)–C–C–N with tert-alkyl or cyclic N) is 1. The summed E-state index contributed by atoms with van der Waals surface area (Å²) in [5.74, 6) is -1.35. The van der Waals surface area contributed by atoms with Crippen molar-refractivity contribution in [2.24, 2.45) is 0 Å². The zero-order chi connectivity index (χ0) is 15.4. The van der Waals surface area contributed by atoms with Crippen LogP contribution in [-0.4, -0.2) is 89.3 Å². The molecule has 0 saturated carbocycles. The number of rotatable bonds is 3. The van der Waals surface area contributed by atoms with Crippen molar-refractivity contribution in [3.63, 3.8) is 0 Å². The molecule has 0 aromatic rings. The van der Waals surface area contributed by atoms with Gasteiger partial charge in [-0.15, -0.1) is 0 Å². The lowest BCUT2D eigenvalue weighted by atomic mass is 10.2. The van der Waals surface area contributed by atoms with Crippen LogP contribution in [0.3, 0.4) is 0 Å². The number of aliphatic hydroxyl groups excluding tert-OH is 1. The monoisotopic (exact) mass is 300 g/mol. The number of carboxylic acids is 1. The van der Waals surface area contributed by atoms with Gasteiger partial charge in [0.05, 0.1) is 12.6 Å². The summed E-state index contributed by atoms with van der Waals surface area (Å²) in [5.41, 5.74) is 0. The molecule has 21 heavy (non-hydrogen) atoms. The fourth-order valence-electron chi connectivity index (χ4n) is 2.55. The number of carboxylic acid groups (broad SMARTS) is 1. The fraction of sp³-hybridized carbons (Fsp3) is 0.750. The average molecular weight is 300 g/mol. The molecule has 2 rings (SSSR count). The molecule has 0 aromatic heterocycles. The largest absolute Gasteiger partial charge is 0.480 e. The molecular weight excluding hydrogens is 280 g/mol. The van der Waals surface area contributed by atoms with Crippen LogP contribution >= 0.6 is 0 Å². The highest BCUT2D eigenvalue weighted by Crippen LogP contribution is 2.17. The first kappa shape index (κ1) is 15.5. The van der Waals surface area contributed by atoms with Gasteiger partial charge in [-0.1, -0.05) is 0 Å². The Labute approximate surface area is 121 Å². The molecule has 0 radical (unpaired) electrons. The molecule has 2 heterocycles. The van der Waals surface area contributed by atoms with Gasteiger partial charge in [0.2, 0.25) is 5.91 Å². The highest BCUT2D eigenvalue weighted by atomic mass is 16.4. The van der Waals surface area contributed by atoms with Crippen molar-refractivity contribution in [1.29, 1.82) is 0 Å². The number of hydrogen-bond acceptors (Lipinski definition) is 5. The highest BCUT2D eigenvalue weighted by Gasteiger charge is 2.39. The maximum atomic E-state index is 12.0. The van der Waals surface area contributed by atoms with Crippen LogP contribution in [-0.2, 0) is 9.59 Å². The maximum Gasteiger partial charge on any atom is 0.326 e. The van der Waals surface area contributed by atoms with Gasteiger partial charge in [0.1, 0.15) is 6.04 Å². The number of nitrogens with one attached hydrogen (secondary N) is 2. The summed E-state index contributed by atoms with van der Waals surface area (Å²) in [6, 6.07) is -1.68. The van der Waals surface area contributed by atoms with E-state index in [2.05, 4.69) is 10.6 Å². The third-order valence-corrected chi connectivity index (χ3v) is 3.69. The number of aliphatic hydroxyl groups is 1. The van der Waals surface area contributed by atoms with Crippen molar-refractivity contribution in [3.05, 3.63) is 0 Å². The summed E-state index contributed by atoms with van der Waals surface area (Å²) in [5, 5.41) is 24.0.